The van der Waals surface area contributed by atoms with Crippen LogP contribution in [0.3, 0.4) is 0 Å². The Kier molecular flexibility index (Phi) is 24.6. The first-order valence-electron chi connectivity index (χ1n) is 30.2. The van der Waals surface area contributed by atoms with Gasteiger partial charge < -0.3 is 66.3 Å². The van der Waals surface area contributed by atoms with Crippen molar-refractivity contribution >= 4 is 52.6 Å². The molecule has 20 heteroatoms. The van der Waals surface area contributed by atoms with Gasteiger partial charge in [0.05, 0.1) is 64.0 Å². The molecular formula is C71H74Cl3NO16. The first kappa shape index (κ1) is 67.3. The van der Waals surface area contributed by atoms with Gasteiger partial charge in [0.15, 0.2) is 24.8 Å². The van der Waals surface area contributed by atoms with Gasteiger partial charge in [-0.25, -0.2) is 4.79 Å². The second kappa shape index (κ2) is 33.3. The predicted octanol–water partition coefficient (Wildman–Crippen LogP) is 12.6. The number of alkyl halides is 3. The molecule has 3 heterocycles. The molecule has 0 amide bonds. The summed E-state index contributed by atoms with van der Waals surface area (Å²) in [4.78, 5) is 28.3. The molecular weight excluding hydrogens is 1230 g/mol. The number of halogens is 3. The van der Waals surface area contributed by atoms with Crippen molar-refractivity contribution in [2.24, 2.45) is 0 Å². The van der Waals surface area contributed by atoms with E-state index in [1.807, 2.05) is 182 Å². The van der Waals surface area contributed by atoms with Crippen molar-refractivity contribution in [3.05, 3.63) is 251 Å². The molecule has 7 aromatic carbocycles. The zero-order valence-electron chi connectivity index (χ0n) is 50.5. The fraction of sp³-hybridized carbons (Fsp3) is 0.366. The molecule has 1 N–H and O–H groups in total. The van der Waals surface area contributed by atoms with Gasteiger partial charge in [-0.2, -0.15) is 0 Å². The van der Waals surface area contributed by atoms with Gasteiger partial charge in [-0.15, -0.1) is 0 Å². The quantitative estimate of drug-likeness (QED) is 0.0221. The first-order valence-corrected chi connectivity index (χ1v) is 31.3. The van der Waals surface area contributed by atoms with Crippen LogP contribution in [0.25, 0.3) is 0 Å². The van der Waals surface area contributed by atoms with Crippen molar-refractivity contribution in [3.8, 4) is 0 Å². The highest BCUT2D eigenvalue weighted by atomic mass is 35.6. The average Bonchev–Trinajstić information content (AvgIpc) is 1.09. The fourth-order valence-corrected chi connectivity index (χ4v) is 11.1. The molecule has 3 saturated heterocycles. The minimum absolute atomic E-state index is 0.0242. The Bertz CT molecular complexity index is 3310. The standard InChI is InChI=1S/C71H74Cl3NO16/c1-46-57(79-40-50-27-13-5-14-28-50)60(81-42-52-31-17-7-18-32-52)64(86-48(3)76)68(84-46)90-62-58(47(2)85-69(91-70(75)71(72,73)74)65(62)88-66(77)55-37-23-10-24-38-55)89-67-63(83-44-54-35-21-9-22-36-54)61(82-43-53-33-19-8-20-34-53)59(80-41-51-29-15-6-16-30-51)56(87-67)45-78-39-49-25-11-4-12-26-49/h4-38,46-47,56-65,67-69,75H,39-45H2,1-3H3/t46-,47-,56+,57-,58-,59+,60+,61-,62+,63+,64+,65+,67+,68-,69?/m0/s1. The van der Waals surface area contributed by atoms with E-state index in [1.54, 1.807) is 44.2 Å². The maximum atomic E-state index is 14.7. The van der Waals surface area contributed by atoms with Crippen LogP contribution in [-0.4, -0.2) is 120 Å². The third-order valence-corrected chi connectivity index (χ3v) is 16.0. The molecule has 7 aromatic rings. The van der Waals surface area contributed by atoms with Crippen LogP contribution in [0.2, 0.25) is 0 Å². The summed E-state index contributed by atoms with van der Waals surface area (Å²) in [5.41, 5.74) is 5.32. The maximum absolute atomic E-state index is 14.7. The largest absolute Gasteiger partial charge is 0.454 e. The van der Waals surface area contributed by atoms with Gasteiger partial charge in [-0.05, 0) is 59.4 Å². The highest BCUT2D eigenvalue weighted by molar-refractivity contribution is 6.76. The third kappa shape index (κ3) is 19.0. The summed E-state index contributed by atoms with van der Waals surface area (Å²) in [5.74, 6) is -2.44. The summed E-state index contributed by atoms with van der Waals surface area (Å²) in [5, 5.41) is 8.87. The Hall–Kier alpha value is -6.62. The van der Waals surface area contributed by atoms with E-state index >= 15 is 0 Å². The summed E-state index contributed by atoms with van der Waals surface area (Å²) < 4.78 is 93.0. The molecule has 3 aliphatic rings. The molecule has 10 rings (SSSR count). The Morgan fingerprint density at radius 3 is 1.20 bits per heavy atom. The minimum atomic E-state index is -2.42. The Morgan fingerprint density at radius 1 is 0.396 bits per heavy atom. The lowest BCUT2D eigenvalue weighted by molar-refractivity contribution is -0.386. The number of nitrogens with one attached hydrogen (secondary N) is 1. The summed E-state index contributed by atoms with van der Waals surface area (Å²) in [6, 6.07) is 66.0. The number of carbonyl (C=O) groups is 2. The number of hydrogen-bond acceptors (Lipinski definition) is 17. The van der Waals surface area contributed by atoms with Crippen molar-refractivity contribution in [2.45, 2.75) is 156 Å². The molecule has 0 saturated carbocycles. The fourth-order valence-electron chi connectivity index (χ4n) is 11.0. The lowest BCUT2D eigenvalue weighted by Gasteiger charge is -2.51. The van der Waals surface area contributed by atoms with Crippen molar-refractivity contribution < 1.29 is 75.9 Å². The number of benzene rings is 7. The average molecular weight is 1300 g/mol. The van der Waals surface area contributed by atoms with E-state index in [-0.39, 0.29) is 51.8 Å². The van der Waals surface area contributed by atoms with Gasteiger partial charge in [0, 0.05) is 6.92 Å². The molecule has 15 atom stereocenters. The molecule has 0 spiro atoms. The number of rotatable bonds is 27. The van der Waals surface area contributed by atoms with Crippen LogP contribution in [0, 0.1) is 5.41 Å². The van der Waals surface area contributed by atoms with E-state index < -0.39 is 114 Å². The number of esters is 2. The van der Waals surface area contributed by atoms with Crippen LogP contribution in [0.1, 0.15) is 64.5 Å². The van der Waals surface area contributed by atoms with Crippen molar-refractivity contribution in [2.75, 3.05) is 6.61 Å². The second-order valence-corrected chi connectivity index (χ2v) is 24.5. The second-order valence-electron chi connectivity index (χ2n) is 22.2. The summed E-state index contributed by atoms with van der Waals surface area (Å²) in [6.45, 7) is 5.43. The Balaban J connectivity index is 1.08. The van der Waals surface area contributed by atoms with E-state index in [4.69, 9.17) is 107 Å². The van der Waals surface area contributed by atoms with Crippen LogP contribution in [-0.2, 0) is 111 Å². The smallest absolute Gasteiger partial charge is 0.338 e. The van der Waals surface area contributed by atoms with E-state index in [2.05, 4.69) is 0 Å². The highest BCUT2D eigenvalue weighted by Gasteiger charge is 2.58. The first-order chi connectivity index (χ1) is 44.2. The predicted molar refractivity (Wildman–Crippen MR) is 339 cm³/mol. The van der Waals surface area contributed by atoms with E-state index in [1.165, 1.54) is 6.92 Å². The Morgan fingerprint density at radius 2 is 0.747 bits per heavy atom. The SMILES string of the molecule is CC(=O)O[C@H]1[C@H](O[C@@H]2[C@@H](O[C@H]3O[C@H](COCc4ccccc4)[C@@H](OCc4ccccc4)[C@H](OCc4ccccc4)[C@H]3OCc3ccccc3)[C@H](C)OC(OC(=N)C(Cl)(Cl)Cl)[C@@H]2OC(=O)c2ccccc2)O[C@@H](C)[C@H](OCc2ccccc2)[C@H]1OCc1ccccc1. The van der Waals surface area contributed by atoms with E-state index in [0.717, 1.165) is 33.4 Å². The van der Waals surface area contributed by atoms with Gasteiger partial charge in [-0.1, -0.05) is 235 Å². The molecule has 1 unspecified atom stereocenters. The van der Waals surface area contributed by atoms with E-state index in [9.17, 15) is 9.59 Å². The van der Waals surface area contributed by atoms with E-state index in [0.29, 0.717) is 0 Å². The van der Waals surface area contributed by atoms with Crippen LogP contribution in [0.4, 0.5) is 0 Å². The zero-order valence-corrected chi connectivity index (χ0v) is 52.8. The monoisotopic (exact) mass is 1300 g/mol. The van der Waals surface area contributed by atoms with Gasteiger partial charge in [0.1, 0.15) is 48.8 Å². The molecule has 3 aliphatic heterocycles. The number of carbonyl (C=O) groups excluding carboxylic acids is 2. The van der Waals surface area contributed by atoms with Crippen LogP contribution in [0.15, 0.2) is 212 Å². The van der Waals surface area contributed by atoms with Gasteiger partial charge >= 0.3 is 11.9 Å². The normalized spacial score (nSPS) is 26.7. The topological polar surface area (TPSA) is 187 Å². The van der Waals surface area contributed by atoms with Crippen molar-refractivity contribution in [1.29, 1.82) is 5.41 Å². The summed E-state index contributed by atoms with van der Waals surface area (Å²) in [7, 11) is 0. The Labute approximate surface area is 545 Å². The highest BCUT2D eigenvalue weighted by Crippen LogP contribution is 2.40. The number of ether oxygens (including phenoxy) is 14. The van der Waals surface area contributed by atoms with Crippen molar-refractivity contribution in [3.63, 3.8) is 0 Å². The molecule has 3 fully saturated rings. The molecule has 480 valence electrons. The lowest BCUT2D eigenvalue weighted by Crippen LogP contribution is -2.68. The van der Waals surface area contributed by atoms with Crippen molar-refractivity contribution in [1.82, 2.24) is 0 Å². The lowest BCUT2D eigenvalue weighted by atomic mass is 9.95. The zero-order chi connectivity index (χ0) is 63.5. The minimum Gasteiger partial charge on any atom is -0.454 e. The molecule has 91 heavy (non-hydrogen) atoms. The number of hydrogen-bond donors (Lipinski definition) is 1. The third-order valence-electron chi connectivity index (χ3n) is 15.5. The molecule has 0 bridgehead atoms. The maximum Gasteiger partial charge on any atom is 0.338 e. The molecule has 0 radical (unpaired) electrons. The van der Waals surface area contributed by atoms with Crippen LogP contribution >= 0.6 is 34.8 Å². The van der Waals surface area contributed by atoms with Gasteiger partial charge in [-0.3, -0.25) is 10.2 Å². The molecule has 0 aliphatic carbocycles. The molecule has 0 aromatic heterocycles. The van der Waals surface area contributed by atoms with Gasteiger partial charge in [0.25, 0.3) is 3.79 Å². The summed E-state index contributed by atoms with van der Waals surface area (Å²) in [6.07, 6.45) is -18.6. The van der Waals surface area contributed by atoms with Gasteiger partial charge in [0.2, 0.25) is 12.2 Å². The summed E-state index contributed by atoms with van der Waals surface area (Å²) >= 11 is 19.0. The van der Waals surface area contributed by atoms with Crippen LogP contribution < -0.4 is 0 Å². The van der Waals surface area contributed by atoms with Crippen LogP contribution in [0.5, 0.6) is 0 Å². The molecule has 17 nitrogen and oxygen atoms in total.